The van der Waals surface area contributed by atoms with Crippen molar-refractivity contribution in [3.05, 3.63) is 0 Å². The topological polar surface area (TPSA) is 144 Å². The molecule has 1 fully saturated rings. The van der Waals surface area contributed by atoms with Crippen molar-refractivity contribution in [2.24, 2.45) is 0 Å². The standard InChI is InChI=1S/C14H23N7O3S/c1-2-5-25-14-16-12(15)11-13(17-14)21(20-18-11)8-6-9(19-23)10(7-8)24-4-3-22/h8-10,19,22-23H,2-7H2,1H3,(H2,15,16,17)/t8-,9?,10-/m0/s1. The average molecular weight is 369 g/mol. The van der Waals surface area contributed by atoms with Gasteiger partial charge in [0, 0.05) is 5.75 Å². The minimum absolute atomic E-state index is 0.0448. The predicted octanol–water partition coefficient (Wildman–Crippen LogP) is 0.365. The number of thioether (sulfide) groups is 1. The number of nitrogens with two attached hydrogens (primary N) is 1. The maximum absolute atomic E-state index is 9.36. The second-order valence-corrected chi connectivity index (χ2v) is 7.00. The van der Waals surface area contributed by atoms with E-state index in [1.807, 2.05) is 0 Å². The Labute approximate surface area is 149 Å². The van der Waals surface area contributed by atoms with Crippen LogP contribution in [0.15, 0.2) is 5.16 Å². The van der Waals surface area contributed by atoms with Gasteiger partial charge in [0.1, 0.15) is 0 Å². The number of hydroxylamine groups is 1. The summed E-state index contributed by atoms with van der Waals surface area (Å²) in [5.74, 6) is 1.22. The van der Waals surface area contributed by atoms with Crippen molar-refractivity contribution < 1.29 is 15.1 Å². The van der Waals surface area contributed by atoms with Gasteiger partial charge in [-0.2, -0.15) is 5.48 Å². The molecule has 10 nitrogen and oxygen atoms in total. The molecule has 5 N–H and O–H groups in total. The Morgan fingerprint density at radius 3 is 2.96 bits per heavy atom. The van der Waals surface area contributed by atoms with Gasteiger partial charge in [-0.25, -0.2) is 14.6 Å². The number of hydrogen-bond donors (Lipinski definition) is 4. The number of ether oxygens (including phenoxy) is 1. The smallest absolute Gasteiger partial charge is 0.191 e. The number of nitrogen functional groups attached to an aromatic ring is 1. The number of aliphatic hydroxyl groups excluding tert-OH is 1. The van der Waals surface area contributed by atoms with Crippen molar-refractivity contribution in [1.82, 2.24) is 30.4 Å². The quantitative estimate of drug-likeness (QED) is 0.292. The molecule has 1 aliphatic carbocycles. The summed E-state index contributed by atoms with van der Waals surface area (Å²) in [6.07, 6.45) is 2.01. The van der Waals surface area contributed by atoms with E-state index in [2.05, 4.69) is 32.7 Å². The molecule has 0 radical (unpaired) electrons. The fraction of sp³-hybridized carbons (Fsp3) is 0.714. The van der Waals surface area contributed by atoms with Crippen LogP contribution in [-0.2, 0) is 4.74 Å². The highest BCUT2D eigenvalue weighted by Crippen LogP contribution is 2.34. The summed E-state index contributed by atoms with van der Waals surface area (Å²) in [5, 5.41) is 27.2. The summed E-state index contributed by atoms with van der Waals surface area (Å²) in [4.78, 5) is 8.84. The zero-order chi connectivity index (χ0) is 17.8. The summed E-state index contributed by atoms with van der Waals surface area (Å²) in [6, 6.07) is -0.291. The van der Waals surface area contributed by atoms with Gasteiger partial charge in [-0.15, -0.1) is 5.10 Å². The van der Waals surface area contributed by atoms with E-state index in [4.69, 9.17) is 15.6 Å². The van der Waals surface area contributed by atoms with Gasteiger partial charge < -0.3 is 20.8 Å². The number of rotatable bonds is 8. The Balaban J connectivity index is 1.86. The van der Waals surface area contributed by atoms with Gasteiger partial charge in [-0.05, 0) is 19.3 Å². The first kappa shape index (κ1) is 18.3. The fourth-order valence-corrected chi connectivity index (χ4v) is 3.73. The predicted molar refractivity (Wildman–Crippen MR) is 92.4 cm³/mol. The van der Waals surface area contributed by atoms with Gasteiger partial charge in [-0.1, -0.05) is 23.9 Å². The lowest BCUT2D eigenvalue weighted by Crippen LogP contribution is -2.35. The molecule has 138 valence electrons. The summed E-state index contributed by atoms with van der Waals surface area (Å²) < 4.78 is 7.33. The van der Waals surface area contributed by atoms with Crippen LogP contribution in [0.2, 0.25) is 0 Å². The molecule has 0 amide bonds. The number of anilines is 1. The Morgan fingerprint density at radius 1 is 1.40 bits per heavy atom. The summed E-state index contributed by atoms with van der Waals surface area (Å²) in [5.41, 5.74) is 9.36. The van der Waals surface area contributed by atoms with E-state index < -0.39 is 0 Å². The maximum Gasteiger partial charge on any atom is 0.191 e. The molecule has 0 spiro atoms. The van der Waals surface area contributed by atoms with Gasteiger partial charge in [0.25, 0.3) is 0 Å². The molecule has 25 heavy (non-hydrogen) atoms. The van der Waals surface area contributed by atoms with Crippen LogP contribution in [0.4, 0.5) is 5.82 Å². The van der Waals surface area contributed by atoms with Crippen molar-refractivity contribution in [1.29, 1.82) is 0 Å². The minimum atomic E-state index is -0.246. The third-order valence-electron chi connectivity index (χ3n) is 4.18. The Morgan fingerprint density at radius 2 is 2.24 bits per heavy atom. The van der Waals surface area contributed by atoms with E-state index in [0.717, 1.165) is 12.2 Å². The summed E-state index contributed by atoms with van der Waals surface area (Å²) in [7, 11) is 0. The number of aromatic nitrogens is 5. The molecule has 1 saturated carbocycles. The second-order valence-electron chi connectivity index (χ2n) is 5.94. The van der Waals surface area contributed by atoms with Gasteiger partial charge in [0.05, 0.1) is 31.4 Å². The maximum atomic E-state index is 9.36. The van der Waals surface area contributed by atoms with Gasteiger partial charge in [0.15, 0.2) is 22.1 Å². The van der Waals surface area contributed by atoms with E-state index in [9.17, 15) is 5.21 Å². The summed E-state index contributed by atoms with van der Waals surface area (Å²) in [6.45, 7) is 2.25. The molecule has 2 aromatic rings. The molecule has 0 bridgehead atoms. The number of hydrogen-bond acceptors (Lipinski definition) is 10. The molecule has 0 saturated heterocycles. The molecule has 11 heteroatoms. The van der Waals surface area contributed by atoms with E-state index in [-0.39, 0.29) is 31.4 Å². The van der Waals surface area contributed by atoms with Crippen molar-refractivity contribution >= 4 is 28.7 Å². The van der Waals surface area contributed by atoms with Crippen molar-refractivity contribution in [2.75, 3.05) is 24.7 Å². The first-order valence-corrected chi connectivity index (χ1v) is 9.29. The highest BCUT2D eigenvalue weighted by Gasteiger charge is 2.37. The lowest BCUT2D eigenvalue weighted by Gasteiger charge is -2.17. The molecule has 0 aromatic carbocycles. The number of fused-ring (bicyclic) bond motifs is 1. The molecule has 0 aliphatic heterocycles. The molecule has 1 unspecified atom stereocenters. The van der Waals surface area contributed by atoms with Crippen LogP contribution in [0.3, 0.4) is 0 Å². The minimum Gasteiger partial charge on any atom is -0.394 e. The first-order valence-electron chi connectivity index (χ1n) is 8.31. The number of nitrogens with zero attached hydrogens (tertiary/aromatic N) is 5. The van der Waals surface area contributed by atoms with E-state index in [1.165, 1.54) is 0 Å². The zero-order valence-corrected chi connectivity index (χ0v) is 14.8. The lowest BCUT2D eigenvalue weighted by molar-refractivity contribution is -0.0124. The molecular formula is C14H23N7O3S. The van der Waals surface area contributed by atoms with E-state index in [1.54, 1.807) is 16.4 Å². The molecule has 3 atom stereocenters. The van der Waals surface area contributed by atoms with Gasteiger partial charge in [-0.3, -0.25) is 0 Å². The molecular weight excluding hydrogens is 346 g/mol. The van der Waals surface area contributed by atoms with Crippen LogP contribution in [-0.4, -0.2) is 66.4 Å². The molecule has 2 heterocycles. The van der Waals surface area contributed by atoms with Crippen LogP contribution in [0.1, 0.15) is 32.2 Å². The van der Waals surface area contributed by atoms with Crippen LogP contribution >= 0.6 is 11.8 Å². The third-order valence-corrected chi connectivity index (χ3v) is 5.23. The van der Waals surface area contributed by atoms with Crippen molar-refractivity contribution in [2.45, 2.75) is 49.5 Å². The van der Waals surface area contributed by atoms with Gasteiger partial charge >= 0.3 is 0 Å². The van der Waals surface area contributed by atoms with Gasteiger partial charge in [0.2, 0.25) is 0 Å². The molecule has 2 aromatic heterocycles. The Kier molecular flexibility index (Phi) is 6.02. The third kappa shape index (κ3) is 3.85. The normalized spacial score (nSPS) is 23.6. The second kappa shape index (κ2) is 8.23. The lowest BCUT2D eigenvalue weighted by atomic mass is 10.2. The zero-order valence-electron chi connectivity index (χ0n) is 14.0. The average Bonchev–Trinajstić information content (AvgIpc) is 3.21. The monoisotopic (exact) mass is 369 g/mol. The number of nitrogens with one attached hydrogen (secondary N) is 1. The SMILES string of the molecule is CCCSc1nc(N)c2nnn([C@H]3CC(NO)[C@@H](OCCO)C3)c2n1. The van der Waals surface area contributed by atoms with Crippen LogP contribution in [0, 0.1) is 0 Å². The van der Waals surface area contributed by atoms with Crippen LogP contribution in [0.5, 0.6) is 0 Å². The van der Waals surface area contributed by atoms with E-state index >= 15 is 0 Å². The van der Waals surface area contributed by atoms with Crippen LogP contribution < -0.4 is 11.2 Å². The largest absolute Gasteiger partial charge is 0.394 e. The number of aliphatic hydroxyl groups is 1. The molecule has 1 aliphatic rings. The van der Waals surface area contributed by atoms with Crippen molar-refractivity contribution in [3.63, 3.8) is 0 Å². The highest BCUT2D eigenvalue weighted by molar-refractivity contribution is 7.99. The molecule has 3 rings (SSSR count). The summed E-state index contributed by atoms with van der Waals surface area (Å²) >= 11 is 1.54. The Hall–Kier alpha value is -1.53. The van der Waals surface area contributed by atoms with Crippen molar-refractivity contribution in [3.8, 4) is 0 Å². The fourth-order valence-electron chi connectivity index (χ4n) is 3.03. The first-order chi connectivity index (χ1) is 12.2. The van der Waals surface area contributed by atoms with Crippen LogP contribution in [0.25, 0.3) is 11.2 Å². The Bertz CT molecular complexity index is 713. The van der Waals surface area contributed by atoms with E-state index in [0.29, 0.717) is 35.0 Å². The highest BCUT2D eigenvalue weighted by atomic mass is 32.2.